The van der Waals surface area contributed by atoms with E-state index in [1.165, 1.54) is 0 Å². The second kappa shape index (κ2) is 4.00. The molecule has 1 aliphatic carbocycles. The maximum Gasteiger partial charge on any atom is 0.226 e. The lowest BCUT2D eigenvalue weighted by atomic mass is 10.1. The normalized spacial score (nSPS) is 34.6. The fourth-order valence-electron chi connectivity index (χ4n) is 2.30. The van der Waals surface area contributed by atoms with Crippen molar-refractivity contribution in [3.63, 3.8) is 0 Å². The Labute approximate surface area is 97.1 Å². The van der Waals surface area contributed by atoms with Crippen LogP contribution in [-0.4, -0.2) is 42.6 Å². The van der Waals surface area contributed by atoms with Crippen molar-refractivity contribution in [1.29, 1.82) is 0 Å². The molecular weight excluding hydrogens is 204 g/mol. The second-order valence-electron chi connectivity index (χ2n) is 5.80. The summed E-state index contributed by atoms with van der Waals surface area (Å²) in [6, 6.07) is -0.0113. The molecule has 2 fully saturated rings. The van der Waals surface area contributed by atoms with E-state index in [0.29, 0.717) is 25.6 Å². The third-order valence-electron chi connectivity index (χ3n) is 3.80. The first-order chi connectivity index (χ1) is 7.42. The van der Waals surface area contributed by atoms with Crippen molar-refractivity contribution >= 4 is 5.91 Å². The van der Waals surface area contributed by atoms with Gasteiger partial charge in [-0.25, -0.2) is 0 Å². The second-order valence-corrected chi connectivity index (χ2v) is 5.80. The highest BCUT2D eigenvalue weighted by Crippen LogP contribution is 2.52. The van der Waals surface area contributed by atoms with Crippen molar-refractivity contribution in [2.45, 2.75) is 39.3 Å². The van der Waals surface area contributed by atoms with E-state index >= 15 is 0 Å². The van der Waals surface area contributed by atoms with Crippen molar-refractivity contribution < 1.29 is 9.53 Å². The molecule has 1 heterocycles. The standard InChI is InChI=1S/C12H22N2O2/c1-8(13)10-7-14(4-5-16-10)11(15)9-6-12(9,2)3/h8-10H,4-7,13H2,1-3H3/t8-,9+,10-/m0/s1. The van der Waals surface area contributed by atoms with Crippen molar-refractivity contribution in [2.24, 2.45) is 17.1 Å². The quantitative estimate of drug-likeness (QED) is 0.750. The van der Waals surface area contributed by atoms with Crippen LogP contribution in [0.2, 0.25) is 0 Å². The number of hydrogen-bond donors (Lipinski definition) is 1. The van der Waals surface area contributed by atoms with Crippen LogP contribution < -0.4 is 5.73 Å². The maximum atomic E-state index is 12.2. The molecule has 0 spiro atoms. The topological polar surface area (TPSA) is 55.6 Å². The first-order valence-corrected chi connectivity index (χ1v) is 6.08. The fourth-order valence-corrected chi connectivity index (χ4v) is 2.30. The van der Waals surface area contributed by atoms with E-state index in [1.54, 1.807) is 0 Å². The van der Waals surface area contributed by atoms with Gasteiger partial charge in [0.15, 0.2) is 0 Å². The molecule has 1 saturated carbocycles. The maximum absolute atomic E-state index is 12.2. The molecule has 92 valence electrons. The average molecular weight is 226 g/mol. The SMILES string of the molecule is C[C@H](N)[C@@H]1CN(C(=O)[C@H]2CC2(C)C)CCO1. The fraction of sp³-hybridized carbons (Fsp3) is 0.917. The summed E-state index contributed by atoms with van der Waals surface area (Å²) in [7, 11) is 0. The summed E-state index contributed by atoms with van der Waals surface area (Å²) >= 11 is 0. The predicted molar refractivity (Wildman–Crippen MR) is 61.9 cm³/mol. The van der Waals surface area contributed by atoms with Gasteiger partial charge < -0.3 is 15.4 Å². The zero-order valence-corrected chi connectivity index (χ0v) is 10.4. The van der Waals surface area contributed by atoms with Gasteiger partial charge in [-0.3, -0.25) is 4.79 Å². The van der Waals surface area contributed by atoms with Crippen LogP contribution in [0.3, 0.4) is 0 Å². The summed E-state index contributed by atoms with van der Waals surface area (Å²) in [6.45, 7) is 8.22. The highest BCUT2D eigenvalue weighted by atomic mass is 16.5. The first-order valence-electron chi connectivity index (χ1n) is 6.08. The lowest BCUT2D eigenvalue weighted by molar-refractivity contribution is -0.141. The molecule has 2 aliphatic rings. The predicted octanol–water partition coefficient (Wildman–Crippen LogP) is 0.607. The zero-order chi connectivity index (χ0) is 11.9. The van der Waals surface area contributed by atoms with Gasteiger partial charge in [0.1, 0.15) is 0 Å². The van der Waals surface area contributed by atoms with Gasteiger partial charge in [-0.2, -0.15) is 0 Å². The molecule has 0 aromatic carbocycles. The van der Waals surface area contributed by atoms with Crippen molar-refractivity contribution in [1.82, 2.24) is 4.90 Å². The van der Waals surface area contributed by atoms with Gasteiger partial charge in [-0.15, -0.1) is 0 Å². The van der Waals surface area contributed by atoms with E-state index in [2.05, 4.69) is 13.8 Å². The van der Waals surface area contributed by atoms with Gasteiger partial charge >= 0.3 is 0 Å². The van der Waals surface area contributed by atoms with Gasteiger partial charge in [0, 0.05) is 25.0 Å². The van der Waals surface area contributed by atoms with Gasteiger partial charge in [0.25, 0.3) is 0 Å². The van der Waals surface area contributed by atoms with E-state index in [0.717, 1.165) is 6.42 Å². The number of hydrogen-bond acceptors (Lipinski definition) is 3. The molecule has 2 rings (SSSR count). The molecule has 3 atom stereocenters. The lowest BCUT2D eigenvalue weighted by Crippen LogP contribution is -2.52. The highest BCUT2D eigenvalue weighted by molar-refractivity contribution is 5.82. The van der Waals surface area contributed by atoms with E-state index < -0.39 is 0 Å². The molecule has 16 heavy (non-hydrogen) atoms. The third-order valence-corrected chi connectivity index (χ3v) is 3.80. The molecule has 0 aromatic heterocycles. The zero-order valence-electron chi connectivity index (χ0n) is 10.4. The largest absolute Gasteiger partial charge is 0.373 e. The van der Waals surface area contributed by atoms with E-state index in [-0.39, 0.29) is 23.5 Å². The number of nitrogens with two attached hydrogens (primary N) is 1. The van der Waals surface area contributed by atoms with Crippen LogP contribution >= 0.6 is 0 Å². The Morgan fingerprint density at radius 1 is 1.56 bits per heavy atom. The average Bonchev–Trinajstić information content (AvgIpc) is 2.87. The smallest absolute Gasteiger partial charge is 0.226 e. The van der Waals surface area contributed by atoms with Crippen LogP contribution in [0.1, 0.15) is 27.2 Å². The van der Waals surface area contributed by atoms with Crippen molar-refractivity contribution in [3.8, 4) is 0 Å². The van der Waals surface area contributed by atoms with Crippen LogP contribution in [0.5, 0.6) is 0 Å². The summed E-state index contributed by atoms with van der Waals surface area (Å²) in [4.78, 5) is 14.1. The van der Waals surface area contributed by atoms with Crippen molar-refractivity contribution in [3.05, 3.63) is 0 Å². The van der Waals surface area contributed by atoms with Gasteiger partial charge in [0.2, 0.25) is 5.91 Å². The number of rotatable bonds is 2. The van der Waals surface area contributed by atoms with E-state index in [4.69, 9.17) is 10.5 Å². The lowest BCUT2D eigenvalue weighted by Gasteiger charge is -2.35. The Bertz CT molecular complexity index is 289. The van der Waals surface area contributed by atoms with Crippen molar-refractivity contribution in [2.75, 3.05) is 19.7 Å². The Kier molecular flexibility index (Phi) is 2.97. The molecule has 0 bridgehead atoms. The Morgan fingerprint density at radius 3 is 2.69 bits per heavy atom. The Morgan fingerprint density at radius 2 is 2.19 bits per heavy atom. The first kappa shape index (κ1) is 11.9. The number of carbonyl (C=O) groups excluding carboxylic acids is 1. The molecule has 4 nitrogen and oxygen atoms in total. The molecule has 0 unspecified atom stereocenters. The van der Waals surface area contributed by atoms with Crippen LogP contribution in [0.15, 0.2) is 0 Å². The highest BCUT2D eigenvalue weighted by Gasteiger charge is 2.52. The molecule has 4 heteroatoms. The molecule has 2 N–H and O–H groups in total. The number of carbonyl (C=O) groups is 1. The molecule has 0 radical (unpaired) electrons. The summed E-state index contributed by atoms with van der Waals surface area (Å²) < 4.78 is 5.55. The number of ether oxygens (including phenoxy) is 1. The Hall–Kier alpha value is -0.610. The minimum atomic E-state index is -0.0113. The molecular formula is C12H22N2O2. The van der Waals surface area contributed by atoms with E-state index in [9.17, 15) is 4.79 Å². The van der Waals surface area contributed by atoms with Gasteiger partial charge in [-0.1, -0.05) is 13.8 Å². The number of amides is 1. The number of morpholine rings is 1. The van der Waals surface area contributed by atoms with E-state index in [1.807, 2.05) is 11.8 Å². The minimum absolute atomic E-state index is 0.000405. The summed E-state index contributed by atoms with van der Waals surface area (Å²) in [5.74, 6) is 0.512. The molecule has 0 aromatic rings. The van der Waals surface area contributed by atoms with Crippen LogP contribution in [0.25, 0.3) is 0 Å². The molecule has 1 amide bonds. The van der Waals surface area contributed by atoms with Gasteiger partial charge in [0.05, 0.1) is 12.7 Å². The number of nitrogens with zero attached hydrogens (tertiary/aromatic N) is 1. The van der Waals surface area contributed by atoms with Gasteiger partial charge in [-0.05, 0) is 18.8 Å². The summed E-state index contributed by atoms with van der Waals surface area (Å²) in [5.41, 5.74) is 6.02. The van der Waals surface area contributed by atoms with Crippen LogP contribution in [-0.2, 0) is 9.53 Å². The summed E-state index contributed by atoms with van der Waals surface area (Å²) in [6.07, 6.45) is 1.02. The minimum Gasteiger partial charge on any atom is -0.373 e. The third kappa shape index (κ3) is 2.23. The van der Waals surface area contributed by atoms with Crippen LogP contribution in [0, 0.1) is 11.3 Å². The molecule has 1 saturated heterocycles. The summed E-state index contributed by atoms with van der Waals surface area (Å²) in [5, 5.41) is 0. The Balaban J connectivity index is 1.92. The molecule has 1 aliphatic heterocycles. The van der Waals surface area contributed by atoms with Crippen LogP contribution in [0.4, 0.5) is 0 Å². The monoisotopic (exact) mass is 226 g/mol.